The molecule has 156 valence electrons. The fraction of sp³-hybridized carbons (Fsp3) is 0.727. The van der Waals surface area contributed by atoms with Crippen molar-refractivity contribution in [1.82, 2.24) is 14.8 Å². The van der Waals surface area contributed by atoms with Gasteiger partial charge in [-0.25, -0.2) is 9.78 Å². The van der Waals surface area contributed by atoms with Crippen molar-refractivity contribution < 1.29 is 9.53 Å². The van der Waals surface area contributed by atoms with E-state index in [4.69, 9.17) is 9.72 Å². The van der Waals surface area contributed by atoms with E-state index in [1.165, 1.54) is 44.3 Å². The van der Waals surface area contributed by atoms with Gasteiger partial charge in [-0.3, -0.25) is 4.90 Å². The van der Waals surface area contributed by atoms with Crippen molar-refractivity contribution in [2.24, 2.45) is 0 Å². The van der Waals surface area contributed by atoms with E-state index in [2.05, 4.69) is 35.1 Å². The van der Waals surface area contributed by atoms with Gasteiger partial charge in [-0.2, -0.15) is 0 Å². The number of carbonyl (C=O) groups excluding carboxylic acids is 1. The molecule has 2 aliphatic rings. The topological polar surface area (TPSA) is 48.9 Å². The number of likely N-dealkylation sites (tertiary alicyclic amines) is 1. The van der Waals surface area contributed by atoms with Crippen LogP contribution in [-0.4, -0.2) is 65.7 Å². The van der Waals surface area contributed by atoms with E-state index in [0.29, 0.717) is 19.1 Å². The second kappa shape index (κ2) is 9.12. The number of ether oxygens (including phenoxy) is 1. The summed E-state index contributed by atoms with van der Waals surface area (Å²) in [5.41, 5.74) is 0.889. The molecule has 0 spiro atoms. The normalized spacial score (nSPS) is 21.6. The summed E-state index contributed by atoms with van der Waals surface area (Å²) in [6.45, 7) is 13.3. The number of carbonyl (C=O) groups is 1. The minimum Gasteiger partial charge on any atom is -0.444 e. The monoisotopic (exact) mass is 388 g/mol. The zero-order chi connectivity index (χ0) is 20.1. The number of hydrogen-bond donors (Lipinski definition) is 0. The van der Waals surface area contributed by atoms with Crippen LogP contribution in [0.15, 0.2) is 18.3 Å². The summed E-state index contributed by atoms with van der Waals surface area (Å²) < 4.78 is 5.48. The predicted octanol–water partition coefficient (Wildman–Crippen LogP) is 4.08. The van der Waals surface area contributed by atoms with Gasteiger partial charge in [0.15, 0.2) is 0 Å². The molecule has 2 aliphatic heterocycles. The molecule has 0 aliphatic carbocycles. The van der Waals surface area contributed by atoms with E-state index in [-0.39, 0.29) is 6.09 Å². The second-order valence-electron chi connectivity index (χ2n) is 8.95. The van der Waals surface area contributed by atoms with Crippen LogP contribution in [0, 0.1) is 0 Å². The molecular formula is C22H36N4O2. The highest BCUT2D eigenvalue weighted by Gasteiger charge is 2.27. The molecule has 1 amide bonds. The van der Waals surface area contributed by atoms with Crippen LogP contribution in [0.3, 0.4) is 0 Å². The van der Waals surface area contributed by atoms with E-state index < -0.39 is 5.60 Å². The lowest BCUT2D eigenvalue weighted by molar-refractivity contribution is 0.0240. The molecule has 1 atom stereocenters. The molecule has 3 rings (SSSR count). The lowest BCUT2D eigenvalue weighted by Gasteiger charge is -2.37. The first-order chi connectivity index (χ1) is 13.4. The molecule has 6 heteroatoms. The molecular weight excluding hydrogens is 352 g/mol. The van der Waals surface area contributed by atoms with Crippen LogP contribution >= 0.6 is 0 Å². The molecule has 0 unspecified atom stereocenters. The van der Waals surface area contributed by atoms with Gasteiger partial charge in [-0.1, -0.05) is 19.4 Å². The van der Waals surface area contributed by atoms with E-state index in [9.17, 15) is 4.79 Å². The molecule has 1 aromatic heterocycles. The van der Waals surface area contributed by atoms with E-state index in [1.807, 2.05) is 20.8 Å². The molecule has 0 radical (unpaired) electrons. The first-order valence-corrected chi connectivity index (χ1v) is 10.8. The van der Waals surface area contributed by atoms with Crippen molar-refractivity contribution in [3.63, 3.8) is 0 Å². The van der Waals surface area contributed by atoms with Gasteiger partial charge in [0.1, 0.15) is 11.4 Å². The third kappa shape index (κ3) is 5.37. The number of aromatic nitrogens is 1. The second-order valence-corrected chi connectivity index (χ2v) is 8.95. The molecule has 0 N–H and O–H groups in total. The first-order valence-electron chi connectivity index (χ1n) is 10.8. The zero-order valence-electron chi connectivity index (χ0n) is 18.0. The summed E-state index contributed by atoms with van der Waals surface area (Å²) in [4.78, 5) is 23.7. The molecule has 1 aromatic rings. The summed E-state index contributed by atoms with van der Waals surface area (Å²) in [7, 11) is 0. The van der Waals surface area contributed by atoms with Crippen LogP contribution in [0.1, 0.15) is 65.0 Å². The number of anilines is 1. The maximum Gasteiger partial charge on any atom is 0.410 e. The third-order valence-electron chi connectivity index (χ3n) is 5.54. The molecule has 0 aromatic carbocycles. The fourth-order valence-electron chi connectivity index (χ4n) is 4.15. The highest BCUT2D eigenvalue weighted by Crippen LogP contribution is 2.31. The third-order valence-corrected chi connectivity index (χ3v) is 5.54. The Bertz CT molecular complexity index is 631. The average molecular weight is 389 g/mol. The largest absolute Gasteiger partial charge is 0.444 e. The first kappa shape index (κ1) is 20.9. The maximum atomic E-state index is 12.2. The van der Waals surface area contributed by atoms with Crippen molar-refractivity contribution in [1.29, 1.82) is 0 Å². The number of nitrogens with zero attached hydrogens (tertiary/aromatic N) is 4. The summed E-state index contributed by atoms with van der Waals surface area (Å²) in [5.74, 6) is 1.01. The van der Waals surface area contributed by atoms with Gasteiger partial charge < -0.3 is 14.5 Å². The van der Waals surface area contributed by atoms with Crippen LogP contribution in [0.2, 0.25) is 0 Å². The smallest absolute Gasteiger partial charge is 0.410 e. The highest BCUT2D eigenvalue weighted by molar-refractivity contribution is 5.68. The van der Waals surface area contributed by atoms with Crippen LogP contribution in [0.5, 0.6) is 0 Å². The molecule has 3 heterocycles. The Balaban J connectivity index is 1.57. The lowest BCUT2D eigenvalue weighted by atomic mass is 9.96. The Kier molecular flexibility index (Phi) is 6.81. The molecule has 2 fully saturated rings. The standard InChI is InChI=1S/C22H36N4O2/c1-5-11-24-12-7-6-8-19(24)18-9-10-20(23-17-18)25-13-15-26(16-14-25)21(27)28-22(2,3)4/h9-10,17,19H,5-8,11-16H2,1-4H3/t19-/m0/s1. The number of rotatable bonds is 4. The van der Waals surface area contributed by atoms with Gasteiger partial charge in [0.05, 0.1) is 0 Å². The SMILES string of the molecule is CCCN1CCCC[C@H]1c1ccc(N2CCN(C(=O)OC(C)(C)C)CC2)nc1. The number of piperidine rings is 1. The van der Waals surface area contributed by atoms with Crippen LogP contribution < -0.4 is 4.90 Å². The van der Waals surface area contributed by atoms with Crippen LogP contribution in [0.4, 0.5) is 10.6 Å². The van der Waals surface area contributed by atoms with Crippen LogP contribution in [0.25, 0.3) is 0 Å². The van der Waals surface area contributed by atoms with Gasteiger partial charge in [-0.15, -0.1) is 0 Å². The number of piperazine rings is 1. The Morgan fingerprint density at radius 2 is 1.89 bits per heavy atom. The summed E-state index contributed by atoms with van der Waals surface area (Å²) in [6.07, 6.45) is 6.89. The summed E-state index contributed by atoms with van der Waals surface area (Å²) >= 11 is 0. The van der Waals surface area contributed by atoms with Crippen molar-refractivity contribution in [2.75, 3.05) is 44.2 Å². The Labute approximate surface area is 169 Å². The Morgan fingerprint density at radius 1 is 1.14 bits per heavy atom. The van der Waals surface area contributed by atoms with Gasteiger partial charge in [0, 0.05) is 38.4 Å². The van der Waals surface area contributed by atoms with Crippen LogP contribution in [-0.2, 0) is 4.74 Å². The predicted molar refractivity (Wildman–Crippen MR) is 113 cm³/mol. The molecule has 6 nitrogen and oxygen atoms in total. The Morgan fingerprint density at radius 3 is 2.50 bits per heavy atom. The van der Waals surface area contributed by atoms with Crippen molar-refractivity contribution in [3.05, 3.63) is 23.9 Å². The lowest BCUT2D eigenvalue weighted by Crippen LogP contribution is -2.50. The van der Waals surface area contributed by atoms with Gasteiger partial charge in [-0.05, 0) is 64.8 Å². The molecule has 0 saturated carbocycles. The minimum absolute atomic E-state index is 0.219. The van der Waals surface area contributed by atoms with Gasteiger partial charge in [0.25, 0.3) is 0 Å². The Hall–Kier alpha value is -1.82. The summed E-state index contributed by atoms with van der Waals surface area (Å²) in [6, 6.07) is 4.91. The van der Waals surface area contributed by atoms with E-state index >= 15 is 0 Å². The summed E-state index contributed by atoms with van der Waals surface area (Å²) in [5, 5.41) is 0. The van der Waals surface area contributed by atoms with Gasteiger partial charge >= 0.3 is 6.09 Å². The number of pyridine rings is 1. The zero-order valence-corrected chi connectivity index (χ0v) is 18.0. The number of hydrogen-bond acceptors (Lipinski definition) is 5. The maximum absolute atomic E-state index is 12.2. The number of amides is 1. The molecule has 28 heavy (non-hydrogen) atoms. The van der Waals surface area contributed by atoms with Crippen molar-refractivity contribution in [2.45, 2.75) is 65.0 Å². The molecule has 2 saturated heterocycles. The average Bonchev–Trinajstić information content (AvgIpc) is 2.68. The van der Waals surface area contributed by atoms with Gasteiger partial charge in [0.2, 0.25) is 0 Å². The molecule has 0 bridgehead atoms. The van der Waals surface area contributed by atoms with E-state index in [0.717, 1.165) is 18.9 Å². The van der Waals surface area contributed by atoms with Crippen molar-refractivity contribution >= 4 is 11.9 Å². The van der Waals surface area contributed by atoms with E-state index in [1.54, 1.807) is 4.90 Å². The highest BCUT2D eigenvalue weighted by atomic mass is 16.6. The van der Waals surface area contributed by atoms with Crippen molar-refractivity contribution in [3.8, 4) is 0 Å². The minimum atomic E-state index is -0.448. The fourth-order valence-corrected chi connectivity index (χ4v) is 4.15. The quantitative estimate of drug-likeness (QED) is 0.778.